The first kappa shape index (κ1) is 21.5. The number of rotatable bonds is 5. The average molecular weight is 453 g/mol. The molecule has 0 saturated carbocycles. The lowest BCUT2D eigenvalue weighted by Gasteiger charge is -2.20. The Morgan fingerprint density at radius 2 is 1.94 bits per heavy atom. The van der Waals surface area contributed by atoms with Gasteiger partial charge in [0.2, 0.25) is 0 Å². The number of nitrogens with zero attached hydrogens (tertiary/aromatic N) is 5. The molecule has 3 heterocycles. The van der Waals surface area contributed by atoms with E-state index >= 15 is 0 Å². The minimum absolute atomic E-state index is 0.0904. The van der Waals surface area contributed by atoms with Crippen LogP contribution in [-0.4, -0.2) is 35.4 Å². The van der Waals surface area contributed by atoms with E-state index in [9.17, 15) is 14.7 Å². The van der Waals surface area contributed by atoms with Crippen molar-refractivity contribution < 1.29 is 9.90 Å². The Morgan fingerprint density at radius 3 is 2.59 bits per heavy atom. The molecule has 1 unspecified atom stereocenters. The standard InChI is InChI=1S/C22H21ClN6O3/c1-11-9-13(12(2)25-15-5-6-17(23)26-19(15)22(31)32)18-14(10-11)21(30)28(3)20(27-18)16-7-8-24-29(16)4/h5-10,12,25H,1-4H3,(H,31,32). The summed E-state index contributed by atoms with van der Waals surface area (Å²) in [5.74, 6) is -0.707. The van der Waals surface area contributed by atoms with Crippen molar-refractivity contribution in [2.75, 3.05) is 5.32 Å². The fourth-order valence-corrected chi connectivity index (χ4v) is 3.88. The van der Waals surface area contributed by atoms with Crippen molar-refractivity contribution in [2.24, 2.45) is 14.1 Å². The maximum absolute atomic E-state index is 13.2. The van der Waals surface area contributed by atoms with E-state index < -0.39 is 5.97 Å². The second kappa shape index (κ2) is 8.08. The van der Waals surface area contributed by atoms with Crippen LogP contribution in [0.3, 0.4) is 0 Å². The number of hydrogen-bond acceptors (Lipinski definition) is 6. The van der Waals surface area contributed by atoms with E-state index in [1.165, 1.54) is 10.6 Å². The van der Waals surface area contributed by atoms with Crippen molar-refractivity contribution in [3.8, 4) is 11.5 Å². The van der Waals surface area contributed by atoms with E-state index in [0.29, 0.717) is 28.1 Å². The lowest BCUT2D eigenvalue weighted by atomic mass is 10.0. The Hall–Kier alpha value is -3.72. The Kier molecular flexibility index (Phi) is 5.43. The van der Waals surface area contributed by atoms with Gasteiger partial charge in [-0.05, 0) is 43.7 Å². The van der Waals surface area contributed by atoms with Gasteiger partial charge in [-0.25, -0.2) is 14.8 Å². The zero-order valence-electron chi connectivity index (χ0n) is 17.9. The van der Waals surface area contributed by atoms with Crippen LogP contribution in [0.5, 0.6) is 0 Å². The molecule has 0 aliphatic carbocycles. The first-order valence-electron chi connectivity index (χ1n) is 9.83. The largest absolute Gasteiger partial charge is 0.476 e. The van der Waals surface area contributed by atoms with E-state index in [4.69, 9.17) is 16.6 Å². The summed E-state index contributed by atoms with van der Waals surface area (Å²) in [5.41, 5.74) is 2.85. The lowest BCUT2D eigenvalue weighted by molar-refractivity contribution is 0.0691. The molecular formula is C22H21ClN6O3. The molecule has 0 amide bonds. The number of halogens is 1. The molecule has 164 valence electrons. The normalized spacial score (nSPS) is 12.2. The van der Waals surface area contributed by atoms with Crippen LogP contribution in [0, 0.1) is 6.92 Å². The number of carboxylic acids is 1. The molecule has 32 heavy (non-hydrogen) atoms. The molecular weight excluding hydrogens is 432 g/mol. The van der Waals surface area contributed by atoms with Gasteiger partial charge in [-0.2, -0.15) is 5.10 Å². The highest BCUT2D eigenvalue weighted by molar-refractivity contribution is 6.29. The highest BCUT2D eigenvalue weighted by atomic mass is 35.5. The van der Waals surface area contributed by atoms with Gasteiger partial charge < -0.3 is 10.4 Å². The van der Waals surface area contributed by atoms with Gasteiger partial charge in [-0.1, -0.05) is 17.7 Å². The van der Waals surface area contributed by atoms with Crippen molar-refractivity contribution >= 4 is 34.2 Å². The lowest BCUT2D eigenvalue weighted by Crippen LogP contribution is -2.22. The second-order valence-electron chi connectivity index (χ2n) is 7.59. The van der Waals surface area contributed by atoms with Crippen LogP contribution in [0.1, 0.15) is 34.6 Å². The van der Waals surface area contributed by atoms with E-state index in [0.717, 1.165) is 11.1 Å². The predicted octanol–water partition coefficient (Wildman–Crippen LogP) is 3.56. The molecule has 0 radical (unpaired) electrons. The molecule has 0 bridgehead atoms. The van der Waals surface area contributed by atoms with Gasteiger partial charge in [0.1, 0.15) is 10.8 Å². The maximum atomic E-state index is 13.2. The van der Waals surface area contributed by atoms with Crippen LogP contribution in [0.25, 0.3) is 22.4 Å². The molecule has 0 spiro atoms. The molecule has 9 nitrogen and oxygen atoms in total. The first-order valence-corrected chi connectivity index (χ1v) is 10.2. The number of aryl methyl sites for hydroxylation is 2. The van der Waals surface area contributed by atoms with Crippen LogP contribution in [0.4, 0.5) is 5.69 Å². The van der Waals surface area contributed by atoms with Crippen LogP contribution >= 0.6 is 11.6 Å². The topological polar surface area (TPSA) is 115 Å². The average Bonchev–Trinajstić information content (AvgIpc) is 3.17. The van der Waals surface area contributed by atoms with Crippen molar-refractivity contribution in [1.82, 2.24) is 24.3 Å². The molecule has 1 atom stereocenters. The van der Waals surface area contributed by atoms with Gasteiger partial charge >= 0.3 is 5.97 Å². The summed E-state index contributed by atoms with van der Waals surface area (Å²) in [6, 6.07) is 8.25. The summed E-state index contributed by atoms with van der Waals surface area (Å²) in [5, 5.41) is 17.4. The SMILES string of the molecule is Cc1cc(C(C)Nc2ccc(Cl)nc2C(=O)O)c2nc(-c3ccnn3C)n(C)c(=O)c2c1. The highest BCUT2D eigenvalue weighted by Gasteiger charge is 2.20. The van der Waals surface area contributed by atoms with Crippen LogP contribution < -0.4 is 10.9 Å². The molecule has 3 aromatic heterocycles. The second-order valence-corrected chi connectivity index (χ2v) is 7.98. The van der Waals surface area contributed by atoms with Gasteiger partial charge in [-0.3, -0.25) is 14.0 Å². The molecule has 4 aromatic rings. The Labute approximate surface area is 188 Å². The van der Waals surface area contributed by atoms with Crippen molar-refractivity contribution in [1.29, 1.82) is 0 Å². The molecule has 2 N–H and O–H groups in total. The number of carbonyl (C=O) groups is 1. The molecule has 1 aromatic carbocycles. The Morgan fingerprint density at radius 1 is 1.19 bits per heavy atom. The first-order chi connectivity index (χ1) is 15.2. The van der Waals surface area contributed by atoms with Crippen LogP contribution in [-0.2, 0) is 14.1 Å². The number of nitrogens with one attached hydrogen (secondary N) is 1. The predicted molar refractivity (Wildman–Crippen MR) is 122 cm³/mol. The molecule has 0 aliphatic rings. The number of fused-ring (bicyclic) bond motifs is 1. The zero-order valence-corrected chi connectivity index (χ0v) is 18.7. The van der Waals surface area contributed by atoms with Crippen molar-refractivity contribution in [3.05, 3.63) is 68.9 Å². The van der Waals surface area contributed by atoms with E-state index in [2.05, 4.69) is 15.4 Å². The van der Waals surface area contributed by atoms with E-state index in [1.54, 1.807) is 43.2 Å². The molecule has 0 fully saturated rings. The van der Waals surface area contributed by atoms with Gasteiger partial charge in [0.15, 0.2) is 11.5 Å². The van der Waals surface area contributed by atoms with Gasteiger partial charge in [-0.15, -0.1) is 0 Å². The highest BCUT2D eigenvalue weighted by Crippen LogP contribution is 2.29. The molecule has 4 rings (SSSR count). The van der Waals surface area contributed by atoms with Crippen molar-refractivity contribution in [2.45, 2.75) is 19.9 Å². The van der Waals surface area contributed by atoms with E-state index in [-0.39, 0.29) is 22.4 Å². The fraction of sp³-hybridized carbons (Fsp3) is 0.227. The third kappa shape index (κ3) is 3.71. The summed E-state index contributed by atoms with van der Waals surface area (Å²) >= 11 is 5.87. The quantitative estimate of drug-likeness (QED) is 0.445. The minimum atomic E-state index is -1.19. The zero-order chi connectivity index (χ0) is 23.2. The number of aromatic nitrogens is 5. The third-order valence-electron chi connectivity index (χ3n) is 5.31. The number of anilines is 1. The summed E-state index contributed by atoms with van der Waals surface area (Å²) in [6.45, 7) is 3.77. The molecule has 10 heteroatoms. The van der Waals surface area contributed by atoms with E-state index in [1.807, 2.05) is 19.9 Å². The van der Waals surface area contributed by atoms with Gasteiger partial charge in [0, 0.05) is 25.9 Å². The number of benzene rings is 1. The van der Waals surface area contributed by atoms with Crippen LogP contribution in [0.15, 0.2) is 41.3 Å². The Bertz CT molecular complexity index is 1430. The fourth-order valence-electron chi connectivity index (χ4n) is 3.73. The molecule has 0 aliphatic heterocycles. The smallest absolute Gasteiger partial charge is 0.356 e. The number of pyridine rings is 1. The summed E-state index contributed by atoms with van der Waals surface area (Å²) in [7, 11) is 3.46. The van der Waals surface area contributed by atoms with Crippen molar-refractivity contribution in [3.63, 3.8) is 0 Å². The summed E-state index contributed by atoms with van der Waals surface area (Å²) < 4.78 is 3.16. The Balaban J connectivity index is 1.89. The summed E-state index contributed by atoms with van der Waals surface area (Å²) in [4.78, 5) is 33.5. The van der Waals surface area contributed by atoms with Crippen LogP contribution in [0.2, 0.25) is 5.15 Å². The number of aromatic carboxylic acids is 1. The third-order valence-corrected chi connectivity index (χ3v) is 5.52. The molecule has 0 saturated heterocycles. The number of hydrogen-bond donors (Lipinski definition) is 2. The van der Waals surface area contributed by atoms with Gasteiger partial charge in [0.25, 0.3) is 5.56 Å². The minimum Gasteiger partial charge on any atom is -0.476 e. The van der Waals surface area contributed by atoms with Gasteiger partial charge in [0.05, 0.1) is 22.6 Å². The number of carboxylic acid groups (broad SMARTS) is 1. The monoisotopic (exact) mass is 452 g/mol. The summed E-state index contributed by atoms with van der Waals surface area (Å²) in [6.07, 6.45) is 1.65. The maximum Gasteiger partial charge on any atom is 0.356 e.